The Hall–Kier alpha value is -1.09. The van der Waals surface area contributed by atoms with Gasteiger partial charge < -0.3 is 4.57 Å². The summed E-state index contributed by atoms with van der Waals surface area (Å²) in [7, 11) is 0. The molecule has 0 bridgehead atoms. The van der Waals surface area contributed by atoms with Gasteiger partial charge in [-0.1, -0.05) is 18.6 Å². The molecule has 0 radical (unpaired) electrons. The van der Waals surface area contributed by atoms with E-state index in [0.29, 0.717) is 6.04 Å². The van der Waals surface area contributed by atoms with E-state index in [2.05, 4.69) is 27.9 Å². The van der Waals surface area contributed by atoms with E-state index in [1.54, 1.807) is 0 Å². The van der Waals surface area contributed by atoms with E-state index >= 15 is 0 Å². The maximum Gasteiger partial charge on any atom is 0.0954 e. The number of aromatic nitrogens is 2. The van der Waals surface area contributed by atoms with Gasteiger partial charge in [0.15, 0.2) is 0 Å². The van der Waals surface area contributed by atoms with Crippen molar-refractivity contribution < 1.29 is 0 Å². The Kier molecular flexibility index (Phi) is 3.39. The van der Waals surface area contributed by atoms with E-state index in [1.807, 2.05) is 0 Å². The van der Waals surface area contributed by atoms with Gasteiger partial charge in [0.2, 0.25) is 0 Å². The molecule has 3 aliphatic rings. The molecule has 1 atom stereocenters. The number of hydrogen-bond acceptors (Lipinski definition) is 2. The average Bonchev–Trinajstić information content (AvgIpc) is 2.65. The molecule has 1 aliphatic heterocycles. The van der Waals surface area contributed by atoms with E-state index in [4.69, 9.17) is 4.98 Å². The molecular formula is C17H25N3. The van der Waals surface area contributed by atoms with Crippen LogP contribution in [0.25, 0.3) is 0 Å². The number of hydrogen-bond donors (Lipinski definition) is 0. The van der Waals surface area contributed by atoms with Gasteiger partial charge in [-0.15, -0.1) is 0 Å². The minimum Gasteiger partial charge on any atom is -0.331 e. The molecule has 0 spiro atoms. The zero-order chi connectivity index (χ0) is 13.4. The van der Waals surface area contributed by atoms with Crippen molar-refractivity contribution in [3.05, 3.63) is 29.9 Å². The zero-order valence-corrected chi connectivity index (χ0v) is 12.3. The SMILES string of the molecule is C1=CC(N2CCc3c(ncn3C3CCC3)C2)CCCC1. The van der Waals surface area contributed by atoms with Crippen molar-refractivity contribution in [2.24, 2.45) is 0 Å². The molecule has 20 heavy (non-hydrogen) atoms. The third kappa shape index (κ3) is 2.22. The van der Waals surface area contributed by atoms with Crippen molar-refractivity contribution in [2.45, 2.75) is 70.0 Å². The molecule has 1 saturated carbocycles. The highest BCUT2D eigenvalue weighted by Gasteiger charge is 2.28. The number of imidazole rings is 1. The van der Waals surface area contributed by atoms with E-state index in [1.165, 1.54) is 69.3 Å². The molecule has 1 aromatic heterocycles. The van der Waals surface area contributed by atoms with Crippen LogP contribution in [0.4, 0.5) is 0 Å². The van der Waals surface area contributed by atoms with Crippen molar-refractivity contribution in [1.82, 2.24) is 14.5 Å². The highest BCUT2D eigenvalue weighted by molar-refractivity contribution is 5.19. The third-order valence-corrected chi connectivity index (χ3v) is 5.39. The molecule has 0 amide bonds. The quantitative estimate of drug-likeness (QED) is 0.768. The summed E-state index contributed by atoms with van der Waals surface area (Å²) in [5, 5.41) is 0. The predicted molar refractivity (Wildman–Crippen MR) is 80.6 cm³/mol. The lowest BCUT2D eigenvalue weighted by Gasteiger charge is -2.34. The fourth-order valence-corrected chi connectivity index (χ4v) is 3.88. The van der Waals surface area contributed by atoms with Gasteiger partial charge in [-0.3, -0.25) is 4.90 Å². The topological polar surface area (TPSA) is 21.1 Å². The Morgan fingerprint density at radius 1 is 1.10 bits per heavy atom. The molecule has 3 nitrogen and oxygen atoms in total. The normalized spacial score (nSPS) is 27.9. The summed E-state index contributed by atoms with van der Waals surface area (Å²) >= 11 is 0. The molecule has 0 N–H and O–H groups in total. The number of fused-ring (bicyclic) bond motifs is 1. The first-order valence-electron chi connectivity index (χ1n) is 8.37. The maximum atomic E-state index is 4.73. The van der Waals surface area contributed by atoms with Gasteiger partial charge in [-0.2, -0.15) is 0 Å². The predicted octanol–water partition coefficient (Wildman–Crippen LogP) is 3.47. The van der Waals surface area contributed by atoms with Crippen LogP contribution in [0.15, 0.2) is 18.5 Å². The lowest BCUT2D eigenvalue weighted by molar-refractivity contribution is 0.193. The average molecular weight is 271 g/mol. The number of nitrogens with zero attached hydrogens (tertiary/aromatic N) is 3. The van der Waals surface area contributed by atoms with Crippen molar-refractivity contribution in [1.29, 1.82) is 0 Å². The van der Waals surface area contributed by atoms with Crippen LogP contribution in [-0.4, -0.2) is 27.0 Å². The second-order valence-corrected chi connectivity index (χ2v) is 6.63. The first-order valence-corrected chi connectivity index (χ1v) is 8.37. The maximum absolute atomic E-state index is 4.73. The minimum atomic E-state index is 0.652. The van der Waals surface area contributed by atoms with Crippen LogP contribution < -0.4 is 0 Å². The summed E-state index contributed by atoms with van der Waals surface area (Å²) in [4.78, 5) is 7.37. The van der Waals surface area contributed by atoms with Crippen LogP contribution in [-0.2, 0) is 13.0 Å². The van der Waals surface area contributed by atoms with Gasteiger partial charge in [0.1, 0.15) is 0 Å². The van der Waals surface area contributed by atoms with Gasteiger partial charge in [-0.25, -0.2) is 4.98 Å². The Bertz CT molecular complexity index is 498. The van der Waals surface area contributed by atoms with E-state index < -0.39 is 0 Å². The smallest absolute Gasteiger partial charge is 0.0954 e. The summed E-state index contributed by atoms with van der Waals surface area (Å²) in [6, 6.07) is 1.41. The zero-order valence-electron chi connectivity index (χ0n) is 12.3. The Labute approximate surface area is 121 Å². The molecule has 1 aromatic rings. The van der Waals surface area contributed by atoms with E-state index in [0.717, 1.165) is 12.6 Å². The minimum absolute atomic E-state index is 0.652. The van der Waals surface area contributed by atoms with Crippen molar-refractivity contribution >= 4 is 0 Å². The molecule has 2 heterocycles. The van der Waals surface area contributed by atoms with E-state index in [9.17, 15) is 0 Å². The number of allylic oxidation sites excluding steroid dienone is 1. The van der Waals surface area contributed by atoms with Crippen molar-refractivity contribution in [3.8, 4) is 0 Å². The fourth-order valence-electron chi connectivity index (χ4n) is 3.88. The molecule has 4 rings (SSSR count). The highest BCUT2D eigenvalue weighted by Crippen LogP contribution is 2.34. The summed E-state index contributed by atoms with van der Waals surface area (Å²) < 4.78 is 2.49. The number of rotatable bonds is 2. The Morgan fingerprint density at radius 2 is 2.05 bits per heavy atom. The van der Waals surface area contributed by atoms with E-state index in [-0.39, 0.29) is 0 Å². The summed E-state index contributed by atoms with van der Waals surface area (Å²) in [6.45, 7) is 2.27. The van der Waals surface area contributed by atoms with Gasteiger partial charge >= 0.3 is 0 Å². The Balaban J connectivity index is 1.50. The molecule has 1 fully saturated rings. The van der Waals surface area contributed by atoms with Crippen LogP contribution in [0.3, 0.4) is 0 Å². The van der Waals surface area contributed by atoms with Gasteiger partial charge in [0.05, 0.1) is 12.0 Å². The van der Waals surface area contributed by atoms with Gasteiger partial charge in [0, 0.05) is 37.3 Å². The van der Waals surface area contributed by atoms with Gasteiger partial charge in [-0.05, 0) is 38.5 Å². The lowest BCUT2D eigenvalue weighted by Crippen LogP contribution is -2.39. The van der Waals surface area contributed by atoms with Crippen LogP contribution in [0, 0.1) is 0 Å². The standard InChI is InChI=1S/C17H25N3/c1-2-4-7-14(6-3-1)19-11-10-17-16(12-19)18-13-20(17)15-8-5-9-15/h3,6,13-15H,1-2,4-5,7-12H2. The Morgan fingerprint density at radius 3 is 2.90 bits per heavy atom. The van der Waals surface area contributed by atoms with Crippen molar-refractivity contribution in [3.63, 3.8) is 0 Å². The third-order valence-electron chi connectivity index (χ3n) is 5.39. The van der Waals surface area contributed by atoms with Crippen molar-refractivity contribution in [2.75, 3.05) is 6.54 Å². The molecule has 108 valence electrons. The molecule has 0 aromatic carbocycles. The van der Waals surface area contributed by atoms with Crippen LogP contribution in [0.2, 0.25) is 0 Å². The second-order valence-electron chi connectivity index (χ2n) is 6.63. The molecule has 2 aliphatic carbocycles. The highest BCUT2D eigenvalue weighted by atomic mass is 15.2. The molecule has 0 saturated heterocycles. The molecular weight excluding hydrogens is 246 g/mol. The second kappa shape index (κ2) is 5.36. The first kappa shape index (κ1) is 12.6. The summed E-state index contributed by atoms with van der Waals surface area (Å²) in [5.41, 5.74) is 2.88. The van der Waals surface area contributed by atoms with Crippen LogP contribution in [0.1, 0.15) is 62.4 Å². The monoisotopic (exact) mass is 271 g/mol. The molecule has 1 unspecified atom stereocenters. The summed E-state index contributed by atoms with van der Waals surface area (Å²) in [5.74, 6) is 0. The summed E-state index contributed by atoms with van der Waals surface area (Å²) in [6.07, 6.45) is 17.6. The largest absolute Gasteiger partial charge is 0.331 e. The molecule has 3 heteroatoms. The first-order chi connectivity index (χ1) is 9.92. The fraction of sp³-hybridized carbons (Fsp3) is 0.706. The van der Waals surface area contributed by atoms with Gasteiger partial charge in [0.25, 0.3) is 0 Å². The van der Waals surface area contributed by atoms with Crippen LogP contribution >= 0.6 is 0 Å². The lowest BCUT2D eigenvalue weighted by atomic mass is 9.92. The van der Waals surface area contributed by atoms with Crippen LogP contribution in [0.5, 0.6) is 0 Å².